The lowest BCUT2D eigenvalue weighted by Gasteiger charge is -2.15. The highest BCUT2D eigenvalue weighted by molar-refractivity contribution is 6.04. The number of nitrogens with zero attached hydrogens (tertiary/aromatic N) is 2. The van der Waals surface area contributed by atoms with Crippen molar-refractivity contribution in [3.63, 3.8) is 0 Å². The van der Waals surface area contributed by atoms with Gasteiger partial charge in [-0.1, -0.05) is 24.2 Å². The second-order valence-electron chi connectivity index (χ2n) is 5.49. The average Bonchev–Trinajstić information content (AvgIpc) is 3.03. The number of esters is 1. The second-order valence-corrected chi connectivity index (χ2v) is 5.49. The Labute approximate surface area is 144 Å². The normalized spacial score (nSPS) is 11.9. The third-order valence-corrected chi connectivity index (χ3v) is 3.66. The molecule has 1 aromatic carbocycles. The van der Waals surface area contributed by atoms with Crippen molar-refractivity contribution in [1.29, 1.82) is 0 Å². The van der Waals surface area contributed by atoms with E-state index in [9.17, 15) is 9.59 Å². The number of carbonyl (C=O) groups excluding carboxylic acids is 2. The van der Waals surface area contributed by atoms with Crippen molar-refractivity contribution in [3.8, 4) is 0 Å². The number of nitrogens with one attached hydrogen (secondary N) is 1. The molecule has 128 valence electrons. The van der Waals surface area contributed by atoms with Crippen LogP contribution < -0.4 is 5.32 Å². The summed E-state index contributed by atoms with van der Waals surface area (Å²) in [5, 5.41) is 6.95. The number of fused-ring (bicyclic) bond motifs is 1. The van der Waals surface area contributed by atoms with Gasteiger partial charge in [0.05, 0.1) is 11.1 Å². The highest BCUT2D eigenvalue weighted by Crippen LogP contribution is 2.19. The minimum Gasteiger partial charge on any atom is -0.449 e. The van der Waals surface area contributed by atoms with Gasteiger partial charge in [-0.3, -0.25) is 9.78 Å². The predicted octanol–water partition coefficient (Wildman–Crippen LogP) is 3.11. The van der Waals surface area contributed by atoms with Gasteiger partial charge >= 0.3 is 5.97 Å². The molecule has 0 bridgehead atoms. The fraction of sp³-hybridized carbons (Fsp3) is 0.222. The summed E-state index contributed by atoms with van der Waals surface area (Å²) >= 11 is 0. The first-order chi connectivity index (χ1) is 12.1. The predicted molar refractivity (Wildman–Crippen MR) is 91.1 cm³/mol. The summed E-state index contributed by atoms with van der Waals surface area (Å²) in [5.41, 5.74) is 1.06. The highest BCUT2D eigenvalue weighted by atomic mass is 16.5. The summed E-state index contributed by atoms with van der Waals surface area (Å²) < 4.78 is 10.3. The van der Waals surface area contributed by atoms with Crippen LogP contribution in [0.3, 0.4) is 0 Å². The largest absolute Gasteiger partial charge is 0.449 e. The monoisotopic (exact) mass is 339 g/mol. The lowest BCUT2D eigenvalue weighted by molar-refractivity contribution is -0.124. The molecule has 0 spiro atoms. The van der Waals surface area contributed by atoms with Crippen molar-refractivity contribution >= 4 is 28.6 Å². The molecule has 1 atom stereocenters. The number of anilines is 1. The Morgan fingerprint density at radius 3 is 2.84 bits per heavy atom. The van der Waals surface area contributed by atoms with Gasteiger partial charge in [-0.2, -0.15) is 0 Å². The van der Waals surface area contributed by atoms with Crippen LogP contribution in [0.25, 0.3) is 10.9 Å². The van der Waals surface area contributed by atoms with E-state index in [0.29, 0.717) is 28.6 Å². The molecule has 0 radical (unpaired) electrons. The summed E-state index contributed by atoms with van der Waals surface area (Å²) in [6, 6.07) is 10.3. The third-order valence-electron chi connectivity index (χ3n) is 3.66. The minimum absolute atomic E-state index is 0.284. The lowest BCUT2D eigenvalue weighted by atomic mass is 10.1. The Morgan fingerprint density at radius 1 is 1.28 bits per heavy atom. The van der Waals surface area contributed by atoms with Crippen LogP contribution in [-0.2, 0) is 9.53 Å². The molecule has 0 aliphatic heterocycles. The van der Waals surface area contributed by atoms with Gasteiger partial charge in [0, 0.05) is 17.6 Å². The zero-order valence-electron chi connectivity index (χ0n) is 13.9. The van der Waals surface area contributed by atoms with E-state index in [1.165, 1.54) is 0 Å². The van der Waals surface area contributed by atoms with Gasteiger partial charge in [-0.05, 0) is 31.5 Å². The van der Waals surface area contributed by atoms with Gasteiger partial charge < -0.3 is 14.6 Å². The van der Waals surface area contributed by atoms with E-state index < -0.39 is 18.0 Å². The third kappa shape index (κ3) is 3.65. The van der Waals surface area contributed by atoms with Crippen molar-refractivity contribution < 1.29 is 18.8 Å². The van der Waals surface area contributed by atoms with Crippen LogP contribution in [0.5, 0.6) is 0 Å². The summed E-state index contributed by atoms with van der Waals surface area (Å²) in [4.78, 5) is 29.0. The second kappa shape index (κ2) is 7.12. The fourth-order valence-electron chi connectivity index (χ4n) is 2.43. The molecule has 0 saturated heterocycles. The van der Waals surface area contributed by atoms with Gasteiger partial charge in [-0.15, -0.1) is 0 Å². The molecular formula is C18H17N3O4. The molecule has 3 rings (SSSR count). The van der Waals surface area contributed by atoms with E-state index in [-0.39, 0.29) is 5.82 Å². The zero-order chi connectivity index (χ0) is 17.8. The van der Waals surface area contributed by atoms with Gasteiger partial charge in [0.2, 0.25) is 0 Å². The van der Waals surface area contributed by atoms with E-state index in [2.05, 4.69) is 15.5 Å². The summed E-state index contributed by atoms with van der Waals surface area (Å²) in [5.74, 6) is -0.172. The Kier molecular flexibility index (Phi) is 4.74. The summed E-state index contributed by atoms with van der Waals surface area (Å²) in [6.45, 7) is 3.48. The number of pyridine rings is 1. The Balaban J connectivity index is 1.76. The standard InChI is InChI=1S/C18H17N3O4/c1-3-15(17(22)20-16-10-11(2)25-21-16)24-18(23)13-6-4-8-14-12(13)7-5-9-19-14/h4-10,15H,3H2,1-2H3,(H,20,21,22). The Hall–Kier alpha value is -3.22. The van der Waals surface area contributed by atoms with Gasteiger partial charge in [-0.25, -0.2) is 4.79 Å². The van der Waals surface area contributed by atoms with Crippen LogP contribution in [0, 0.1) is 6.92 Å². The number of aryl methyl sites for hydroxylation is 1. The van der Waals surface area contributed by atoms with Gasteiger partial charge in [0.1, 0.15) is 5.76 Å². The molecule has 1 unspecified atom stereocenters. The molecule has 0 aliphatic carbocycles. The molecule has 0 aliphatic rings. The smallest absolute Gasteiger partial charge is 0.339 e. The highest BCUT2D eigenvalue weighted by Gasteiger charge is 2.24. The first-order valence-corrected chi connectivity index (χ1v) is 7.87. The number of rotatable bonds is 5. The number of hydrogen-bond acceptors (Lipinski definition) is 6. The first-order valence-electron chi connectivity index (χ1n) is 7.87. The Bertz CT molecular complexity index is 914. The van der Waals surface area contributed by atoms with E-state index in [0.717, 1.165) is 0 Å². The van der Waals surface area contributed by atoms with Crippen LogP contribution in [0.1, 0.15) is 29.5 Å². The number of amides is 1. The van der Waals surface area contributed by atoms with Gasteiger partial charge in [0.15, 0.2) is 11.9 Å². The molecule has 2 heterocycles. The molecule has 25 heavy (non-hydrogen) atoms. The minimum atomic E-state index is -0.934. The maximum Gasteiger partial charge on any atom is 0.339 e. The van der Waals surface area contributed by atoms with Crippen molar-refractivity contribution in [2.45, 2.75) is 26.4 Å². The average molecular weight is 339 g/mol. The van der Waals surface area contributed by atoms with E-state index in [4.69, 9.17) is 9.26 Å². The van der Waals surface area contributed by atoms with Gasteiger partial charge in [0.25, 0.3) is 5.91 Å². The van der Waals surface area contributed by atoms with Crippen LogP contribution in [-0.4, -0.2) is 28.1 Å². The van der Waals surface area contributed by atoms with Crippen LogP contribution in [0.15, 0.2) is 47.1 Å². The summed E-state index contributed by atoms with van der Waals surface area (Å²) in [6.07, 6.45) is 1.05. The first kappa shape index (κ1) is 16.6. The zero-order valence-corrected chi connectivity index (χ0v) is 13.9. The molecule has 0 fully saturated rings. The van der Waals surface area contributed by atoms with Crippen molar-refractivity contribution in [3.05, 3.63) is 53.9 Å². The van der Waals surface area contributed by atoms with Crippen molar-refractivity contribution in [2.24, 2.45) is 0 Å². The molecule has 3 aromatic rings. The maximum atomic E-state index is 12.5. The number of benzene rings is 1. The number of hydrogen-bond donors (Lipinski definition) is 1. The molecule has 7 heteroatoms. The molecule has 0 saturated carbocycles. The van der Waals surface area contributed by atoms with E-state index in [1.807, 2.05) is 6.07 Å². The number of aromatic nitrogens is 2. The lowest BCUT2D eigenvalue weighted by Crippen LogP contribution is -2.32. The van der Waals surface area contributed by atoms with E-state index >= 15 is 0 Å². The Morgan fingerprint density at radius 2 is 2.12 bits per heavy atom. The van der Waals surface area contributed by atoms with Crippen LogP contribution in [0.4, 0.5) is 5.82 Å². The van der Waals surface area contributed by atoms with Crippen LogP contribution in [0.2, 0.25) is 0 Å². The number of ether oxygens (including phenoxy) is 1. The van der Waals surface area contributed by atoms with Crippen molar-refractivity contribution in [2.75, 3.05) is 5.32 Å². The maximum absolute atomic E-state index is 12.5. The van der Waals surface area contributed by atoms with Crippen LogP contribution >= 0.6 is 0 Å². The quantitative estimate of drug-likeness (QED) is 0.718. The molecule has 1 amide bonds. The van der Waals surface area contributed by atoms with Crippen molar-refractivity contribution in [1.82, 2.24) is 10.1 Å². The molecular weight excluding hydrogens is 322 g/mol. The topological polar surface area (TPSA) is 94.3 Å². The molecule has 1 N–H and O–H groups in total. The SMILES string of the molecule is CCC(OC(=O)c1cccc2ncccc12)C(=O)Nc1cc(C)on1. The molecule has 2 aromatic heterocycles. The molecule has 7 nitrogen and oxygen atoms in total. The fourth-order valence-corrected chi connectivity index (χ4v) is 2.43. The summed E-state index contributed by atoms with van der Waals surface area (Å²) in [7, 11) is 0. The number of carbonyl (C=O) groups is 2. The van der Waals surface area contributed by atoms with E-state index in [1.54, 1.807) is 50.4 Å².